The number of aromatic nitrogens is 3. The van der Waals surface area contributed by atoms with Crippen molar-refractivity contribution in [3.63, 3.8) is 0 Å². The molecule has 0 bridgehead atoms. The Morgan fingerprint density at radius 2 is 2.41 bits per heavy atom. The zero-order valence-electron chi connectivity index (χ0n) is 11.6. The summed E-state index contributed by atoms with van der Waals surface area (Å²) in [5.74, 6) is 0. The second-order valence-corrected chi connectivity index (χ2v) is 7.07. The second kappa shape index (κ2) is 5.60. The highest BCUT2D eigenvalue weighted by atomic mass is 79.9. The molecule has 1 fully saturated rings. The highest BCUT2D eigenvalue weighted by Gasteiger charge is 2.16. The molecule has 1 N–H and O–H groups in total. The van der Waals surface area contributed by atoms with Crippen molar-refractivity contribution in [2.24, 2.45) is 0 Å². The molecule has 1 aliphatic heterocycles. The van der Waals surface area contributed by atoms with E-state index in [9.17, 15) is 4.79 Å². The minimum Gasteiger partial charge on any atom is -0.376 e. The molecule has 1 aliphatic rings. The van der Waals surface area contributed by atoms with Gasteiger partial charge in [-0.05, 0) is 31.0 Å². The van der Waals surface area contributed by atoms with Crippen molar-refractivity contribution < 1.29 is 4.74 Å². The SMILES string of the molecule is O=c1c2cc(Br)ccc2nc2sc(NC[C@H]3CCCO3)nn12. The third kappa shape index (κ3) is 2.51. The number of ether oxygens (including phenoxy) is 1. The van der Waals surface area contributed by atoms with Gasteiger partial charge in [0.25, 0.3) is 5.56 Å². The van der Waals surface area contributed by atoms with Gasteiger partial charge in [-0.2, -0.15) is 4.52 Å². The molecular formula is C14H13BrN4O2S. The van der Waals surface area contributed by atoms with Gasteiger partial charge in [-0.25, -0.2) is 4.98 Å². The molecule has 1 atom stereocenters. The van der Waals surface area contributed by atoms with E-state index in [4.69, 9.17) is 4.74 Å². The summed E-state index contributed by atoms with van der Waals surface area (Å²) < 4.78 is 7.78. The van der Waals surface area contributed by atoms with Gasteiger partial charge in [-0.1, -0.05) is 27.3 Å². The van der Waals surface area contributed by atoms with Crippen LogP contribution in [0.15, 0.2) is 27.5 Å². The lowest BCUT2D eigenvalue weighted by molar-refractivity contribution is 0.120. The Hall–Kier alpha value is -1.51. The van der Waals surface area contributed by atoms with Crippen LogP contribution >= 0.6 is 27.3 Å². The van der Waals surface area contributed by atoms with E-state index >= 15 is 0 Å². The Labute approximate surface area is 138 Å². The molecule has 2 aromatic heterocycles. The molecule has 22 heavy (non-hydrogen) atoms. The van der Waals surface area contributed by atoms with Crippen LogP contribution in [0.1, 0.15) is 12.8 Å². The van der Waals surface area contributed by atoms with Crippen LogP contribution in [-0.4, -0.2) is 33.9 Å². The van der Waals surface area contributed by atoms with Gasteiger partial charge in [0.1, 0.15) is 0 Å². The number of nitrogens with zero attached hydrogens (tertiary/aromatic N) is 3. The fourth-order valence-corrected chi connectivity index (χ4v) is 3.72. The lowest BCUT2D eigenvalue weighted by Gasteiger charge is -2.08. The van der Waals surface area contributed by atoms with Crippen LogP contribution in [0.3, 0.4) is 0 Å². The molecule has 6 nitrogen and oxygen atoms in total. The van der Waals surface area contributed by atoms with Crippen molar-refractivity contribution >= 4 is 48.3 Å². The Morgan fingerprint density at radius 3 is 3.23 bits per heavy atom. The van der Waals surface area contributed by atoms with Crippen molar-refractivity contribution in [3.05, 3.63) is 33.0 Å². The average molecular weight is 381 g/mol. The van der Waals surface area contributed by atoms with E-state index < -0.39 is 0 Å². The average Bonchev–Trinajstić information content (AvgIpc) is 3.15. The van der Waals surface area contributed by atoms with Crippen LogP contribution in [0.2, 0.25) is 0 Å². The van der Waals surface area contributed by atoms with E-state index in [2.05, 4.69) is 31.3 Å². The van der Waals surface area contributed by atoms with E-state index in [1.165, 1.54) is 15.9 Å². The standard InChI is InChI=1S/C14H13BrN4O2S/c15-8-3-4-11-10(6-8)12(20)19-14(17-11)22-13(18-19)16-7-9-2-1-5-21-9/h3-4,6,9H,1-2,5,7H2,(H,16,18)/t9-/m1/s1. The van der Waals surface area contributed by atoms with Crippen LogP contribution in [0.25, 0.3) is 15.9 Å². The summed E-state index contributed by atoms with van der Waals surface area (Å²) in [5, 5.41) is 8.82. The van der Waals surface area contributed by atoms with Gasteiger partial charge in [0, 0.05) is 17.6 Å². The number of anilines is 1. The monoisotopic (exact) mass is 380 g/mol. The molecule has 0 aliphatic carbocycles. The third-order valence-corrected chi connectivity index (χ3v) is 5.02. The smallest absolute Gasteiger partial charge is 0.283 e. The summed E-state index contributed by atoms with van der Waals surface area (Å²) in [4.78, 5) is 17.6. The maximum atomic E-state index is 12.5. The molecule has 0 unspecified atom stereocenters. The maximum Gasteiger partial charge on any atom is 0.283 e. The first-order chi connectivity index (χ1) is 10.7. The first-order valence-corrected chi connectivity index (χ1v) is 8.66. The lowest BCUT2D eigenvalue weighted by atomic mass is 10.2. The van der Waals surface area contributed by atoms with E-state index in [-0.39, 0.29) is 11.7 Å². The highest BCUT2D eigenvalue weighted by Crippen LogP contribution is 2.21. The molecule has 3 heterocycles. The Balaban J connectivity index is 1.71. The number of nitrogens with one attached hydrogen (secondary N) is 1. The minimum absolute atomic E-state index is 0.150. The number of fused-ring (bicyclic) bond motifs is 2. The Morgan fingerprint density at radius 1 is 1.50 bits per heavy atom. The quantitative estimate of drug-likeness (QED) is 0.756. The largest absolute Gasteiger partial charge is 0.376 e. The van der Waals surface area contributed by atoms with Crippen molar-refractivity contribution in [1.29, 1.82) is 0 Å². The lowest BCUT2D eigenvalue weighted by Crippen LogP contribution is -2.19. The van der Waals surface area contributed by atoms with Crippen molar-refractivity contribution in [3.8, 4) is 0 Å². The molecule has 114 valence electrons. The summed E-state index contributed by atoms with van der Waals surface area (Å²) >= 11 is 4.75. The first kappa shape index (κ1) is 14.1. The summed E-state index contributed by atoms with van der Waals surface area (Å²) in [6, 6.07) is 5.48. The van der Waals surface area contributed by atoms with Gasteiger partial charge in [-0.15, -0.1) is 5.10 Å². The Bertz CT molecular complexity index is 901. The summed E-state index contributed by atoms with van der Waals surface area (Å²) in [6.07, 6.45) is 2.40. The zero-order chi connectivity index (χ0) is 15.1. The summed E-state index contributed by atoms with van der Waals surface area (Å²) in [7, 11) is 0. The van der Waals surface area contributed by atoms with Gasteiger partial charge in [0.2, 0.25) is 10.1 Å². The fourth-order valence-electron chi connectivity index (χ4n) is 2.56. The normalized spacial score (nSPS) is 18.3. The number of halogens is 1. The topological polar surface area (TPSA) is 68.5 Å². The molecular weight excluding hydrogens is 368 g/mol. The number of rotatable bonds is 3. The van der Waals surface area contributed by atoms with Gasteiger partial charge in [0.05, 0.1) is 17.0 Å². The van der Waals surface area contributed by atoms with Crippen LogP contribution in [0.5, 0.6) is 0 Å². The minimum atomic E-state index is -0.150. The molecule has 8 heteroatoms. The van der Waals surface area contributed by atoms with E-state index in [0.717, 1.165) is 23.9 Å². The van der Waals surface area contributed by atoms with Crippen molar-refractivity contribution in [2.75, 3.05) is 18.5 Å². The number of hydrogen-bond donors (Lipinski definition) is 1. The van der Waals surface area contributed by atoms with Gasteiger partial charge in [0.15, 0.2) is 0 Å². The van der Waals surface area contributed by atoms with Gasteiger partial charge in [-0.3, -0.25) is 4.79 Å². The molecule has 0 saturated carbocycles. The van der Waals surface area contributed by atoms with Crippen LogP contribution in [0, 0.1) is 0 Å². The predicted molar refractivity (Wildman–Crippen MR) is 89.8 cm³/mol. The van der Waals surface area contributed by atoms with Crippen molar-refractivity contribution in [1.82, 2.24) is 14.6 Å². The molecule has 1 saturated heterocycles. The number of benzene rings is 1. The molecule has 0 radical (unpaired) electrons. The number of hydrogen-bond acceptors (Lipinski definition) is 6. The Kier molecular flexibility index (Phi) is 3.59. The van der Waals surface area contributed by atoms with Crippen LogP contribution < -0.4 is 10.9 Å². The fraction of sp³-hybridized carbons (Fsp3) is 0.357. The molecule has 4 rings (SSSR count). The predicted octanol–water partition coefficient (Wildman–Crippen LogP) is 2.66. The molecule has 1 aromatic carbocycles. The summed E-state index contributed by atoms with van der Waals surface area (Å²) in [6.45, 7) is 1.53. The maximum absolute atomic E-state index is 12.5. The second-order valence-electron chi connectivity index (χ2n) is 5.20. The zero-order valence-corrected chi connectivity index (χ0v) is 14.0. The van der Waals surface area contributed by atoms with Crippen LogP contribution in [-0.2, 0) is 4.74 Å². The van der Waals surface area contributed by atoms with Crippen molar-refractivity contribution in [2.45, 2.75) is 18.9 Å². The molecule has 3 aromatic rings. The van der Waals surface area contributed by atoms with Crippen LogP contribution in [0.4, 0.5) is 5.13 Å². The first-order valence-electron chi connectivity index (χ1n) is 7.05. The highest BCUT2D eigenvalue weighted by molar-refractivity contribution is 9.10. The molecule has 0 spiro atoms. The summed E-state index contributed by atoms with van der Waals surface area (Å²) in [5.41, 5.74) is 0.533. The van der Waals surface area contributed by atoms with E-state index in [1.54, 1.807) is 6.07 Å². The van der Waals surface area contributed by atoms with Gasteiger partial charge >= 0.3 is 0 Å². The third-order valence-electron chi connectivity index (χ3n) is 3.66. The van der Waals surface area contributed by atoms with E-state index in [1.807, 2.05) is 12.1 Å². The van der Waals surface area contributed by atoms with E-state index in [0.29, 0.717) is 27.5 Å². The molecule has 0 amide bonds. The van der Waals surface area contributed by atoms with Gasteiger partial charge < -0.3 is 10.1 Å².